The van der Waals surface area contributed by atoms with Gasteiger partial charge in [-0.1, -0.05) is 0 Å². The van der Waals surface area contributed by atoms with Gasteiger partial charge in [0.05, 0.1) is 0 Å². The fourth-order valence-corrected chi connectivity index (χ4v) is 0.760. The molecule has 0 N–H and O–H groups in total. The van der Waals surface area contributed by atoms with Crippen molar-refractivity contribution in [3.8, 4) is 0 Å². The summed E-state index contributed by atoms with van der Waals surface area (Å²) < 4.78 is 0. The van der Waals surface area contributed by atoms with Gasteiger partial charge in [0.15, 0.2) is 0 Å². The number of hydrogen-bond acceptors (Lipinski definition) is 2. The van der Waals surface area contributed by atoms with E-state index in [9.17, 15) is 9.59 Å². The van der Waals surface area contributed by atoms with Crippen LogP contribution in [0, 0.1) is 0 Å². The Balaban J connectivity index is 2.90. The summed E-state index contributed by atoms with van der Waals surface area (Å²) in [6, 6.07) is 0. The number of imide groups is 1. The van der Waals surface area contributed by atoms with Crippen molar-refractivity contribution in [2.24, 2.45) is 0 Å². The maximum Gasteiger partial charge on any atom is 0.261 e. The Kier molecular flexibility index (Phi) is 1.69. The topological polar surface area (TPSA) is 37.4 Å². The smallest absolute Gasteiger partial charge is 0.261 e. The van der Waals surface area contributed by atoms with E-state index >= 15 is 0 Å². The Hall–Kier alpha value is -1.34. The lowest BCUT2D eigenvalue weighted by molar-refractivity contribution is -0.138. The van der Waals surface area contributed by atoms with Crippen LogP contribution in [0.15, 0.2) is 17.9 Å². The molecular formula is C7H7NO2. The van der Waals surface area contributed by atoms with Crippen molar-refractivity contribution in [2.75, 3.05) is 6.54 Å². The molecule has 52 valence electrons. The molecule has 0 aromatic rings. The van der Waals surface area contributed by atoms with Crippen LogP contribution in [0.5, 0.6) is 0 Å². The Morgan fingerprint density at radius 3 is 2.20 bits per heavy atom. The SMILES string of the molecule is CCN1C(=O)C=C=CC1=O. The van der Waals surface area contributed by atoms with Crippen LogP contribution >= 0.6 is 0 Å². The third-order valence-electron chi connectivity index (χ3n) is 1.26. The summed E-state index contributed by atoms with van der Waals surface area (Å²) in [6.07, 6.45) is 2.51. The van der Waals surface area contributed by atoms with E-state index in [1.54, 1.807) is 6.92 Å². The van der Waals surface area contributed by atoms with E-state index in [-0.39, 0.29) is 11.8 Å². The quantitative estimate of drug-likeness (QED) is 0.379. The minimum atomic E-state index is -0.282. The highest BCUT2D eigenvalue weighted by atomic mass is 16.2. The van der Waals surface area contributed by atoms with Crippen molar-refractivity contribution < 1.29 is 9.59 Å². The van der Waals surface area contributed by atoms with Crippen molar-refractivity contribution in [3.05, 3.63) is 17.9 Å². The van der Waals surface area contributed by atoms with Gasteiger partial charge >= 0.3 is 0 Å². The zero-order valence-corrected chi connectivity index (χ0v) is 5.63. The molecule has 3 nitrogen and oxygen atoms in total. The van der Waals surface area contributed by atoms with Crippen LogP contribution in [-0.2, 0) is 9.59 Å². The first-order chi connectivity index (χ1) is 4.75. The predicted octanol–water partition coefficient (Wildman–Crippen LogP) is 0.0864. The summed E-state index contributed by atoms with van der Waals surface area (Å²) in [5.74, 6) is -0.565. The Labute approximate surface area is 58.6 Å². The van der Waals surface area contributed by atoms with Gasteiger partial charge in [-0.05, 0) is 6.92 Å². The number of nitrogens with zero attached hydrogens (tertiary/aromatic N) is 1. The molecule has 1 rings (SSSR count). The van der Waals surface area contributed by atoms with Crippen LogP contribution in [0.1, 0.15) is 6.92 Å². The number of rotatable bonds is 1. The van der Waals surface area contributed by atoms with Crippen molar-refractivity contribution in [3.63, 3.8) is 0 Å². The number of amides is 2. The Morgan fingerprint density at radius 2 is 1.90 bits per heavy atom. The highest BCUT2D eigenvalue weighted by molar-refractivity contribution is 6.07. The van der Waals surface area contributed by atoms with Crippen molar-refractivity contribution in [1.82, 2.24) is 4.90 Å². The van der Waals surface area contributed by atoms with E-state index < -0.39 is 0 Å². The molecule has 0 spiro atoms. The normalized spacial score (nSPS) is 16.7. The van der Waals surface area contributed by atoms with E-state index in [1.165, 1.54) is 12.2 Å². The zero-order chi connectivity index (χ0) is 7.56. The first-order valence-corrected chi connectivity index (χ1v) is 3.03. The largest absolute Gasteiger partial charge is 0.275 e. The van der Waals surface area contributed by atoms with Gasteiger partial charge < -0.3 is 0 Å². The molecule has 0 aliphatic carbocycles. The van der Waals surface area contributed by atoms with Crippen LogP contribution in [0.4, 0.5) is 0 Å². The molecule has 0 unspecified atom stereocenters. The lowest BCUT2D eigenvalue weighted by Crippen LogP contribution is -2.35. The minimum absolute atomic E-state index is 0.282. The zero-order valence-electron chi connectivity index (χ0n) is 5.63. The maximum absolute atomic E-state index is 10.8. The highest BCUT2D eigenvalue weighted by Gasteiger charge is 2.16. The van der Waals surface area contributed by atoms with Crippen LogP contribution in [0.2, 0.25) is 0 Å². The standard InChI is InChI=1S/C7H7NO2/c1-2-8-6(9)4-3-5-7(8)10/h4-5H,2H2,1H3. The molecule has 0 fully saturated rings. The van der Waals surface area contributed by atoms with Gasteiger partial charge in [0.2, 0.25) is 0 Å². The second-order valence-electron chi connectivity index (χ2n) is 1.88. The molecule has 0 saturated carbocycles. The van der Waals surface area contributed by atoms with Crippen LogP contribution in [0.3, 0.4) is 0 Å². The summed E-state index contributed by atoms with van der Waals surface area (Å²) in [6.45, 7) is 2.18. The van der Waals surface area contributed by atoms with Crippen molar-refractivity contribution in [2.45, 2.75) is 6.92 Å². The monoisotopic (exact) mass is 137 g/mol. The van der Waals surface area contributed by atoms with Crippen molar-refractivity contribution in [1.29, 1.82) is 0 Å². The van der Waals surface area contributed by atoms with Gasteiger partial charge in [0, 0.05) is 18.7 Å². The lowest BCUT2D eigenvalue weighted by atomic mass is 10.3. The first-order valence-electron chi connectivity index (χ1n) is 3.03. The third kappa shape index (κ3) is 0.993. The molecule has 0 radical (unpaired) electrons. The first kappa shape index (κ1) is 6.78. The van der Waals surface area contributed by atoms with Crippen molar-refractivity contribution >= 4 is 11.8 Å². The molecule has 0 atom stereocenters. The van der Waals surface area contributed by atoms with Gasteiger partial charge in [-0.15, -0.1) is 5.73 Å². The summed E-state index contributed by atoms with van der Waals surface area (Å²) in [4.78, 5) is 22.8. The summed E-state index contributed by atoms with van der Waals surface area (Å²) in [7, 11) is 0. The van der Waals surface area contributed by atoms with E-state index in [0.29, 0.717) is 6.54 Å². The molecule has 0 saturated heterocycles. The molecule has 1 aliphatic rings. The minimum Gasteiger partial charge on any atom is -0.275 e. The molecule has 1 heterocycles. The second-order valence-corrected chi connectivity index (χ2v) is 1.88. The summed E-state index contributed by atoms with van der Waals surface area (Å²) in [5.41, 5.74) is 2.46. The van der Waals surface area contributed by atoms with E-state index in [4.69, 9.17) is 0 Å². The molecule has 3 heteroatoms. The van der Waals surface area contributed by atoms with Gasteiger partial charge in [-0.3, -0.25) is 14.5 Å². The fraction of sp³-hybridized carbons (Fsp3) is 0.286. The number of carbonyl (C=O) groups is 2. The van der Waals surface area contributed by atoms with Gasteiger partial charge in [-0.2, -0.15) is 0 Å². The summed E-state index contributed by atoms with van der Waals surface area (Å²) in [5, 5.41) is 0. The fourth-order valence-electron chi connectivity index (χ4n) is 0.760. The van der Waals surface area contributed by atoms with Crippen LogP contribution < -0.4 is 0 Å². The highest BCUT2D eigenvalue weighted by Crippen LogP contribution is 1.97. The molecule has 0 aromatic carbocycles. The van der Waals surface area contributed by atoms with E-state index in [1.807, 2.05) is 0 Å². The van der Waals surface area contributed by atoms with Crippen LogP contribution in [-0.4, -0.2) is 23.3 Å². The van der Waals surface area contributed by atoms with Crippen LogP contribution in [0.25, 0.3) is 0 Å². The third-order valence-corrected chi connectivity index (χ3v) is 1.26. The average molecular weight is 137 g/mol. The van der Waals surface area contributed by atoms with Gasteiger partial charge in [0.25, 0.3) is 11.8 Å². The number of carbonyl (C=O) groups excluding carboxylic acids is 2. The molecule has 10 heavy (non-hydrogen) atoms. The van der Waals surface area contributed by atoms with E-state index in [2.05, 4.69) is 5.73 Å². The molecular weight excluding hydrogens is 130 g/mol. The molecule has 1 aliphatic heterocycles. The number of hydrogen-bond donors (Lipinski definition) is 0. The van der Waals surface area contributed by atoms with E-state index in [0.717, 1.165) is 4.90 Å². The van der Waals surface area contributed by atoms with Gasteiger partial charge in [-0.25, -0.2) is 0 Å². The second kappa shape index (κ2) is 2.50. The number of likely N-dealkylation sites (N-methyl/N-ethyl adjacent to an activating group) is 1. The summed E-state index contributed by atoms with van der Waals surface area (Å²) >= 11 is 0. The average Bonchev–Trinajstić information content (AvgIpc) is 1.88. The Bertz CT molecular complexity index is 216. The lowest BCUT2D eigenvalue weighted by Gasteiger charge is -2.15. The Morgan fingerprint density at radius 1 is 1.40 bits per heavy atom. The molecule has 0 bridgehead atoms. The molecule has 0 aromatic heterocycles. The maximum atomic E-state index is 10.8. The molecule has 2 amide bonds. The predicted molar refractivity (Wildman–Crippen MR) is 35.0 cm³/mol. The van der Waals surface area contributed by atoms with Gasteiger partial charge in [0.1, 0.15) is 0 Å².